The highest BCUT2D eigenvalue weighted by atomic mass is 79.9. The van der Waals surface area contributed by atoms with Crippen molar-refractivity contribution in [3.05, 3.63) is 51.5 Å². The van der Waals surface area contributed by atoms with Crippen LogP contribution in [-0.4, -0.2) is 19.9 Å². The maximum Gasteiger partial charge on any atom is 0.175 e. The van der Waals surface area contributed by atoms with Gasteiger partial charge < -0.3 is 9.47 Å². The van der Waals surface area contributed by atoms with Crippen LogP contribution in [0, 0.1) is 0 Å². The van der Waals surface area contributed by atoms with Crippen molar-refractivity contribution in [2.45, 2.75) is 6.92 Å². The van der Waals surface area contributed by atoms with Gasteiger partial charge in [0, 0.05) is 5.02 Å². The Bertz CT molecular complexity index is 660. The van der Waals surface area contributed by atoms with Gasteiger partial charge in [0.1, 0.15) is 0 Å². The first kappa shape index (κ1) is 16.6. The van der Waals surface area contributed by atoms with Gasteiger partial charge in [0.05, 0.1) is 30.1 Å². The SMILES string of the molecule is CCOc1c(Br)cc(/C=N/Nc2ccc(Cl)cc2)cc1OC. The third-order valence-electron chi connectivity index (χ3n) is 2.79. The smallest absolute Gasteiger partial charge is 0.175 e. The molecule has 0 fully saturated rings. The first-order chi connectivity index (χ1) is 10.6. The Morgan fingerprint density at radius 1 is 1.27 bits per heavy atom. The van der Waals surface area contributed by atoms with Crippen molar-refractivity contribution in [1.29, 1.82) is 0 Å². The van der Waals surface area contributed by atoms with Gasteiger partial charge in [0.15, 0.2) is 11.5 Å². The molecule has 0 aliphatic rings. The van der Waals surface area contributed by atoms with Crippen molar-refractivity contribution in [3.8, 4) is 11.5 Å². The minimum Gasteiger partial charge on any atom is -0.493 e. The van der Waals surface area contributed by atoms with Crippen LogP contribution in [0.2, 0.25) is 5.02 Å². The summed E-state index contributed by atoms with van der Waals surface area (Å²) in [5.41, 5.74) is 4.68. The highest BCUT2D eigenvalue weighted by Gasteiger charge is 2.10. The van der Waals surface area contributed by atoms with Gasteiger partial charge in [-0.25, -0.2) is 0 Å². The maximum atomic E-state index is 5.84. The molecular weight excluding hydrogens is 368 g/mol. The molecule has 0 amide bonds. The van der Waals surface area contributed by atoms with Crippen LogP contribution in [0.4, 0.5) is 5.69 Å². The number of anilines is 1. The number of rotatable bonds is 6. The van der Waals surface area contributed by atoms with Gasteiger partial charge >= 0.3 is 0 Å². The largest absolute Gasteiger partial charge is 0.493 e. The van der Waals surface area contributed by atoms with E-state index in [1.165, 1.54) is 0 Å². The van der Waals surface area contributed by atoms with E-state index in [1.807, 2.05) is 31.2 Å². The number of nitrogens with one attached hydrogen (secondary N) is 1. The summed E-state index contributed by atoms with van der Waals surface area (Å²) >= 11 is 9.32. The van der Waals surface area contributed by atoms with Crippen molar-refractivity contribution in [3.63, 3.8) is 0 Å². The van der Waals surface area contributed by atoms with Crippen LogP contribution in [0.5, 0.6) is 11.5 Å². The number of halogens is 2. The van der Waals surface area contributed by atoms with Crippen LogP contribution >= 0.6 is 27.5 Å². The van der Waals surface area contributed by atoms with Gasteiger partial charge in [-0.2, -0.15) is 5.10 Å². The molecule has 2 aromatic rings. The zero-order valence-corrected chi connectivity index (χ0v) is 14.6. The Kier molecular flexibility index (Phi) is 6.10. The van der Waals surface area contributed by atoms with Gasteiger partial charge in [-0.05, 0) is 64.8 Å². The molecule has 4 nitrogen and oxygen atoms in total. The molecule has 6 heteroatoms. The van der Waals surface area contributed by atoms with Gasteiger partial charge in [-0.1, -0.05) is 11.6 Å². The van der Waals surface area contributed by atoms with Crippen LogP contribution < -0.4 is 14.9 Å². The lowest BCUT2D eigenvalue weighted by Gasteiger charge is -2.12. The van der Waals surface area contributed by atoms with Crippen LogP contribution in [0.1, 0.15) is 12.5 Å². The Balaban J connectivity index is 2.13. The Morgan fingerprint density at radius 3 is 2.64 bits per heavy atom. The molecule has 22 heavy (non-hydrogen) atoms. The summed E-state index contributed by atoms with van der Waals surface area (Å²) in [6.07, 6.45) is 1.71. The fraction of sp³-hybridized carbons (Fsp3) is 0.188. The predicted molar refractivity (Wildman–Crippen MR) is 94.5 cm³/mol. The topological polar surface area (TPSA) is 42.8 Å². The summed E-state index contributed by atoms with van der Waals surface area (Å²) in [4.78, 5) is 0. The molecule has 0 saturated carbocycles. The number of hydrogen-bond donors (Lipinski definition) is 1. The Morgan fingerprint density at radius 2 is 2.00 bits per heavy atom. The van der Waals surface area contributed by atoms with Crippen molar-refractivity contribution in [2.75, 3.05) is 19.1 Å². The van der Waals surface area contributed by atoms with E-state index in [-0.39, 0.29) is 0 Å². The summed E-state index contributed by atoms with van der Waals surface area (Å²) in [5.74, 6) is 1.34. The molecule has 0 aliphatic carbocycles. The summed E-state index contributed by atoms with van der Waals surface area (Å²) in [7, 11) is 1.61. The maximum absolute atomic E-state index is 5.84. The lowest BCUT2D eigenvalue weighted by Crippen LogP contribution is -1.98. The molecule has 0 spiro atoms. The van der Waals surface area contributed by atoms with E-state index in [9.17, 15) is 0 Å². The standard InChI is InChI=1S/C16H16BrClN2O2/c1-3-22-16-14(17)8-11(9-15(16)21-2)10-19-20-13-6-4-12(18)5-7-13/h4-10,20H,3H2,1-2H3/b19-10+. The second-order valence-electron chi connectivity index (χ2n) is 4.34. The summed E-state index contributed by atoms with van der Waals surface area (Å²) < 4.78 is 11.7. The number of benzene rings is 2. The molecule has 0 aliphatic heterocycles. The number of hydrogen-bond acceptors (Lipinski definition) is 4. The average Bonchev–Trinajstić information content (AvgIpc) is 2.51. The van der Waals surface area contributed by atoms with E-state index < -0.39 is 0 Å². The van der Waals surface area contributed by atoms with Crippen molar-refractivity contribution < 1.29 is 9.47 Å². The zero-order chi connectivity index (χ0) is 15.9. The summed E-state index contributed by atoms with van der Waals surface area (Å²) in [5, 5.41) is 4.89. The van der Waals surface area contributed by atoms with Gasteiger partial charge in [-0.15, -0.1) is 0 Å². The lowest BCUT2D eigenvalue weighted by atomic mass is 10.2. The molecule has 116 valence electrons. The fourth-order valence-corrected chi connectivity index (χ4v) is 2.50. The third kappa shape index (κ3) is 4.39. The van der Waals surface area contributed by atoms with Crippen molar-refractivity contribution in [2.24, 2.45) is 5.10 Å². The zero-order valence-electron chi connectivity index (χ0n) is 12.3. The third-order valence-corrected chi connectivity index (χ3v) is 3.63. The van der Waals surface area contributed by atoms with E-state index in [0.29, 0.717) is 23.1 Å². The van der Waals surface area contributed by atoms with E-state index in [4.69, 9.17) is 21.1 Å². The minimum absolute atomic E-state index is 0.570. The predicted octanol–water partition coefficient (Wildman–Crippen LogP) is 4.96. The summed E-state index contributed by atoms with van der Waals surface area (Å²) in [6, 6.07) is 11.1. The first-order valence-electron chi connectivity index (χ1n) is 6.69. The van der Waals surface area contributed by atoms with Gasteiger partial charge in [0.2, 0.25) is 0 Å². The summed E-state index contributed by atoms with van der Waals surface area (Å²) in [6.45, 7) is 2.50. The first-order valence-corrected chi connectivity index (χ1v) is 7.86. The molecule has 0 unspecified atom stereocenters. The fourth-order valence-electron chi connectivity index (χ4n) is 1.80. The molecule has 2 rings (SSSR count). The Labute approximate surface area is 143 Å². The van der Waals surface area contributed by atoms with Crippen LogP contribution in [0.15, 0.2) is 46.0 Å². The van der Waals surface area contributed by atoms with E-state index in [1.54, 1.807) is 25.5 Å². The number of ether oxygens (including phenoxy) is 2. The highest BCUT2D eigenvalue weighted by Crippen LogP contribution is 2.36. The molecule has 0 aromatic heterocycles. The molecular formula is C16H16BrClN2O2. The molecule has 0 atom stereocenters. The van der Waals surface area contributed by atoms with Crippen LogP contribution in [0.25, 0.3) is 0 Å². The number of methoxy groups -OCH3 is 1. The number of nitrogens with zero attached hydrogens (tertiary/aromatic N) is 1. The van der Waals surface area contributed by atoms with Crippen molar-refractivity contribution in [1.82, 2.24) is 0 Å². The minimum atomic E-state index is 0.570. The van der Waals surface area contributed by atoms with E-state index in [2.05, 4.69) is 26.5 Å². The molecule has 0 bridgehead atoms. The average molecular weight is 384 g/mol. The molecule has 0 radical (unpaired) electrons. The normalized spacial score (nSPS) is 10.7. The monoisotopic (exact) mass is 382 g/mol. The molecule has 0 heterocycles. The van der Waals surface area contributed by atoms with Crippen LogP contribution in [-0.2, 0) is 0 Å². The molecule has 1 N–H and O–H groups in total. The quantitative estimate of drug-likeness (QED) is 0.566. The lowest BCUT2D eigenvalue weighted by molar-refractivity contribution is 0.309. The van der Waals surface area contributed by atoms with Crippen molar-refractivity contribution >= 4 is 39.4 Å². The molecule has 0 saturated heterocycles. The highest BCUT2D eigenvalue weighted by molar-refractivity contribution is 9.10. The van der Waals surface area contributed by atoms with Gasteiger partial charge in [0.25, 0.3) is 0 Å². The van der Waals surface area contributed by atoms with E-state index in [0.717, 1.165) is 15.7 Å². The second kappa shape index (κ2) is 8.06. The van der Waals surface area contributed by atoms with E-state index >= 15 is 0 Å². The number of hydrazone groups is 1. The van der Waals surface area contributed by atoms with Crippen LogP contribution in [0.3, 0.4) is 0 Å². The Hall–Kier alpha value is -1.72. The second-order valence-corrected chi connectivity index (χ2v) is 5.63. The van der Waals surface area contributed by atoms with Gasteiger partial charge in [-0.3, -0.25) is 5.43 Å². The molecule has 2 aromatic carbocycles.